The average molecular weight is 347 g/mol. The second kappa shape index (κ2) is 7.17. The molecule has 2 saturated heterocycles. The molecule has 1 aromatic rings. The minimum atomic E-state index is 0.261. The van der Waals surface area contributed by atoms with E-state index < -0.39 is 0 Å². The molecular weight excluding hydrogens is 322 g/mol. The zero-order valence-corrected chi connectivity index (χ0v) is 14.8. The van der Waals surface area contributed by atoms with E-state index in [1.165, 1.54) is 11.5 Å². The van der Waals surface area contributed by atoms with Crippen LogP contribution in [-0.4, -0.2) is 59.8 Å². The fourth-order valence-electron chi connectivity index (χ4n) is 3.37. The van der Waals surface area contributed by atoms with E-state index in [4.69, 9.17) is 0 Å². The van der Waals surface area contributed by atoms with Gasteiger partial charge in [0, 0.05) is 49.6 Å². The summed E-state index contributed by atoms with van der Waals surface area (Å²) in [5.41, 5.74) is 0. The first-order valence-electron chi connectivity index (χ1n) is 9.01. The van der Waals surface area contributed by atoms with Crippen molar-refractivity contribution in [2.45, 2.75) is 31.7 Å². The molecule has 6 nitrogen and oxygen atoms in total. The van der Waals surface area contributed by atoms with Crippen molar-refractivity contribution in [3.8, 4) is 0 Å². The average Bonchev–Trinajstić information content (AvgIpc) is 3.49. The number of amides is 1. The number of hydrogen-bond donors (Lipinski definition) is 1. The predicted molar refractivity (Wildman–Crippen MR) is 97.7 cm³/mol. The minimum absolute atomic E-state index is 0.261. The fourth-order valence-corrected chi connectivity index (χ4v) is 4.27. The molecule has 24 heavy (non-hydrogen) atoms. The molecule has 0 atom stereocenters. The number of piperidine rings is 1. The lowest BCUT2D eigenvalue weighted by atomic mass is 10.0. The Morgan fingerprint density at radius 2 is 1.54 bits per heavy atom. The van der Waals surface area contributed by atoms with Gasteiger partial charge in [-0.2, -0.15) is 11.8 Å². The van der Waals surface area contributed by atoms with Crippen molar-refractivity contribution in [1.82, 2.24) is 15.5 Å². The molecule has 1 saturated carbocycles. The van der Waals surface area contributed by atoms with E-state index >= 15 is 0 Å². The Kier molecular flexibility index (Phi) is 4.78. The lowest BCUT2D eigenvalue weighted by molar-refractivity contribution is -0.123. The third kappa shape index (κ3) is 3.77. The molecular formula is C17H25N5OS. The molecule has 4 rings (SSSR count). The van der Waals surface area contributed by atoms with Gasteiger partial charge in [-0.15, -0.1) is 10.2 Å². The largest absolute Gasteiger partial charge is 0.355 e. The Labute approximate surface area is 147 Å². The molecule has 0 aromatic carbocycles. The van der Waals surface area contributed by atoms with Gasteiger partial charge in [-0.25, -0.2) is 0 Å². The van der Waals surface area contributed by atoms with Crippen molar-refractivity contribution >= 4 is 29.3 Å². The number of rotatable bonds is 4. The molecule has 1 aromatic heterocycles. The molecule has 0 spiro atoms. The van der Waals surface area contributed by atoms with Gasteiger partial charge >= 0.3 is 0 Å². The molecule has 0 bridgehead atoms. The number of nitrogens with zero attached hydrogens (tertiary/aromatic N) is 4. The highest BCUT2D eigenvalue weighted by molar-refractivity contribution is 7.99. The van der Waals surface area contributed by atoms with Crippen molar-refractivity contribution in [3.05, 3.63) is 12.1 Å². The highest BCUT2D eigenvalue weighted by Gasteiger charge is 2.31. The second-order valence-corrected chi connectivity index (χ2v) is 8.12. The van der Waals surface area contributed by atoms with Crippen molar-refractivity contribution < 1.29 is 4.79 Å². The zero-order chi connectivity index (χ0) is 16.4. The van der Waals surface area contributed by atoms with Crippen LogP contribution in [0.4, 0.5) is 11.6 Å². The first kappa shape index (κ1) is 16.0. The SMILES string of the molecule is O=C(NC1CCN(c2ccc(N3CCSCC3)nn2)CC1)C1CC1. The van der Waals surface area contributed by atoms with Crippen LogP contribution in [-0.2, 0) is 4.79 Å². The maximum Gasteiger partial charge on any atom is 0.223 e. The van der Waals surface area contributed by atoms with Crippen LogP contribution >= 0.6 is 11.8 Å². The van der Waals surface area contributed by atoms with Gasteiger partial charge in [0.25, 0.3) is 0 Å². The number of thioether (sulfide) groups is 1. The van der Waals surface area contributed by atoms with Crippen molar-refractivity contribution in [2.24, 2.45) is 5.92 Å². The quantitative estimate of drug-likeness (QED) is 0.891. The van der Waals surface area contributed by atoms with Gasteiger partial charge in [0.15, 0.2) is 11.6 Å². The monoisotopic (exact) mass is 347 g/mol. The maximum absolute atomic E-state index is 11.9. The molecule has 0 radical (unpaired) electrons. The Hall–Kier alpha value is -1.50. The van der Waals surface area contributed by atoms with E-state index in [2.05, 4.69) is 37.4 Å². The molecule has 1 amide bonds. The summed E-state index contributed by atoms with van der Waals surface area (Å²) >= 11 is 2.00. The van der Waals surface area contributed by atoms with Crippen molar-refractivity contribution in [1.29, 1.82) is 0 Å². The predicted octanol–water partition coefficient (Wildman–Crippen LogP) is 1.52. The molecule has 0 unspecified atom stereocenters. The lowest BCUT2D eigenvalue weighted by Crippen LogP contribution is -2.45. The van der Waals surface area contributed by atoms with Crippen LogP contribution in [0, 0.1) is 5.92 Å². The molecule has 1 aliphatic carbocycles. The standard InChI is InChI=1S/C17H25N5OS/c23-17(13-1-2-13)18-14-5-7-21(8-6-14)15-3-4-16(20-19-15)22-9-11-24-12-10-22/h3-4,13-14H,1-2,5-12H2,(H,18,23). The number of aromatic nitrogens is 2. The summed E-state index contributed by atoms with van der Waals surface area (Å²) in [7, 11) is 0. The van der Waals surface area contributed by atoms with Crippen molar-refractivity contribution in [3.63, 3.8) is 0 Å². The lowest BCUT2D eigenvalue weighted by Gasteiger charge is -2.33. The van der Waals surface area contributed by atoms with Crippen molar-refractivity contribution in [2.75, 3.05) is 47.5 Å². The highest BCUT2D eigenvalue weighted by atomic mass is 32.2. The van der Waals surface area contributed by atoms with E-state index in [1.54, 1.807) is 0 Å². The highest BCUT2D eigenvalue weighted by Crippen LogP contribution is 2.29. The third-order valence-corrected chi connectivity index (χ3v) is 6.03. The van der Waals surface area contributed by atoms with E-state index in [-0.39, 0.29) is 5.91 Å². The van der Waals surface area contributed by atoms with Gasteiger partial charge in [0.2, 0.25) is 5.91 Å². The number of anilines is 2. The summed E-state index contributed by atoms with van der Waals surface area (Å²) in [6.07, 6.45) is 4.13. The van der Waals surface area contributed by atoms with Crippen LogP contribution in [0.2, 0.25) is 0 Å². The Morgan fingerprint density at radius 1 is 0.958 bits per heavy atom. The van der Waals surface area contributed by atoms with Crippen LogP contribution < -0.4 is 15.1 Å². The minimum Gasteiger partial charge on any atom is -0.355 e. The van der Waals surface area contributed by atoms with E-state index in [0.717, 1.165) is 63.5 Å². The maximum atomic E-state index is 11.9. The molecule has 130 valence electrons. The third-order valence-electron chi connectivity index (χ3n) is 5.08. The van der Waals surface area contributed by atoms with Gasteiger partial charge in [0.1, 0.15) is 0 Å². The van der Waals surface area contributed by atoms with Gasteiger partial charge in [-0.05, 0) is 37.8 Å². The van der Waals surface area contributed by atoms with Crippen LogP contribution in [0.5, 0.6) is 0 Å². The number of hydrogen-bond acceptors (Lipinski definition) is 6. The van der Waals surface area contributed by atoms with Crippen LogP contribution in [0.25, 0.3) is 0 Å². The summed E-state index contributed by atoms with van der Waals surface area (Å²) in [6.45, 7) is 3.99. The molecule has 3 aliphatic rings. The second-order valence-electron chi connectivity index (χ2n) is 6.89. The summed E-state index contributed by atoms with van der Waals surface area (Å²) in [5, 5.41) is 12.1. The normalized spacial score (nSPS) is 22.5. The van der Waals surface area contributed by atoms with Crippen LogP contribution in [0.1, 0.15) is 25.7 Å². The molecule has 3 heterocycles. The van der Waals surface area contributed by atoms with Crippen LogP contribution in [0.15, 0.2) is 12.1 Å². The van der Waals surface area contributed by atoms with Gasteiger partial charge < -0.3 is 15.1 Å². The fraction of sp³-hybridized carbons (Fsp3) is 0.706. The van der Waals surface area contributed by atoms with Gasteiger partial charge in [-0.3, -0.25) is 4.79 Å². The van der Waals surface area contributed by atoms with Crippen LogP contribution in [0.3, 0.4) is 0 Å². The van der Waals surface area contributed by atoms with Gasteiger partial charge in [0.05, 0.1) is 0 Å². The summed E-state index contributed by atoms with van der Waals surface area (Å²) in [6, 6.07) is 4.51. The van der Waals surface area contributed by atoms with E-state index in [0.29, 0.717) is 12.0 Å². The smallest absolute Gasteiger partial charge is 0.223 e. The van der Waals surface area contributed by atoms with Gasteiger partial charge in [-0.1, -0.05) is 0 Å². The first-order chi connectivity index (χ1) is 11.8. The first-order valence-corrected chi connectivity index (χ1v) is 10.2. The molecule has 7 heteroatoms. The molecule has 1 N–H and O–H groups in total. The Morgan fingerprint density at radius 3 is 2.08 bits per heavy atom. The summed E-state index contributed by atoms with van der Waals surface area (Å²) in [5.74, 6) is 4.85. The topological polar surface area (TPSA) is 61.4 Å². The summed E-state index contributed by atoms with van der Waals surface area (Å²) < 4.78 is 0. The number of carbonyl (C=O) groups excluding carboxylic acids is 1. The molecule has 3 fully saturated rings. The summed E-state index contributed by atoms with van der Waals surface area (Å²) in [4.78, 5) is 16.5. The number of nitrogens with one attached hydrogen (secondary N) is 1. The molecule has 2 aliphatic heterocycles. The Bertz CT molecular complexity index is 563. The van der Waals surface area contributed by atoms with E-state index in [1.807, 2.05) is 11.8 Å². The Balaban J connectivity index is 1.29. The zero-order valence-electron chi connectivity index (χ0n) is 14.0. The number of carbonyl (C=O) groups is 1. The van der Waals surface area contributed by atoms with E-state index in [9.17, 15) is 4.79 Å².